The second-order valence-corrected chi connectivity index (χ2v) is 6.24. The quantitative estimate of drug-likeness (QED) is 0.712. The van der Waals surface area contributed by atoms with Gasteiger partial charge in [0.1, 0.15) is 11.5 Å². The number of aryl methyl sites for hydroxylation is 1. The molecule has 1 unspecified atom stereocenters. The molecule has 1 N–H and O–H groups in total. The van der Waals surface area contributed by atoms with Gasteiger partial charge >= 0.3 is 0 Å². The first-order chi connectivity index (χ1) is 10.0. The lowest BCUT2D eigenvalue weighted by atomic mass is 10.1. The van der Waals surface area contributed by atoms with E-state index in [1.165, 1.54) is 5.56 Å². The molecular weight excluding hydrogens is 350 g/mol. The largest absolute Gasteiger partial charge is 0.456 e. The van der Waals surface area contributed by atoms with Gasteiger partial charge in [0.15, 0.2) is 0 Å². The summed E-state index contributed by atoms with van der Waals surface area (Å²) in [5, 5.41) is 4.14. The molecule has 0 aliphatic rings. The third-order valence-electron chi connectivity index (χ3n) is 3.32. The summed E-state index contributed by atoms with van der Waals surface area (Å²) in [5.74, 6) is 1.58. The van der Waals surface area contributed by atoms with E-state index in [4.69, 9.17) is 16.3 Å². The van der Waals surface area contributed by atoms with Gasteiger partial charge < -0.3 is 10.1 Å². The van der Waals surface area contributed by atoms with Crippen LogP contribution in [0.25, 0.3) is 0 Å². The van der Waals surface area contributed by atoms with Crippen LogP contribution in [0.5, 0.6) is 11.5 Å². The van der Waals surface area contributed by atoms with Crippen molar-refractivity contribution >= 4 is 27.5 Å². The average molecular weight is 369 g/mol. The predicted molar refractivity (Wildman–Crippen MR) is 92.5 cm³/mol. The van der Waals surface area contributed by atoms with Crippen molar-refractivity contribution < 1.29 is 4.74 Å². The zero-order chi connectivity index (χ0) is 15.4. The van der Waals surface area contributed by atoms with Gasteiger partial charge in [0.2, 0.25) is 0 Å². The molecule has 2 rings (SSSR count). The van der Waals surface area contributed by atoms with Gasteiger partial charge in [0, 0.05) is 11.1 Å². The summed E-state index contributed by atoms with van der Waals surface area (Å²) in [7, 11) is 0. The summed E-state index contributed by atoms with van der Waals surface area (Å²) in [6.45, 7) is 7.16. The van der Waals surface area contributed by atoms with Crippen molar-refractivity contribution in [2.24, 2.45) is 0 Å². The summed E-state index contributed by atoms with van der Waals surface area (Å²) in [6.07, 6.45) is 0. The minimum absolute atomic E-state index is 0.318. The van der Waals surface area contributed by atoms with Gasteiger partial charge in [-0.15, -0.1) is 0 Å². The fourth-order valence-electron chi connectivity index (χ4n) is 2.10. The Balaban J connectivity index is 2.19. The standard InChI is InChI=1S/C17H19BrClNO/c1-4-20-12(3)13-5-8-17(15(18)10-13)21-14-6-7-16(19)11(2)9-14/h5-10,12,20H,4H2,1-3H3. The van der Waals surface area contributed by atoms with Gasteiger partial charge in [0.05, 0.1) is 4.47 Å². The molecule has 2 aromatic rings. The van der Waals surface area contributed by atoms with Crippen LogP contribution in [0.3, 0.4) is 0 Å². The van der Waals surface area contributed by atoms with E-state index in [9.17, 15) is 0 Å². The normalized spacial score (nSPS) is 12.2. The second kappa shape index (κ2) is 7.30. The molecule has 0 saturated heterocycles. The van der Waals surface area contributed by atoms with Crippen LogP contribution in [0.15, 0.2) is 40.9 Å². The Kier molecular flexibility index (Phi) is 5.68. The molecule has 0 saturated carbocycles. The molecule has 0 spiro atoms. The molecule has 2 nitrogen and oxygen atoms in total. The summed E-state index contributed by atoms with van der Waals surface area (Å²) in [4.78, 5) is 0. The molecule has 0 bridgehead atoms. The smallest absolute Gasteiger partial charge is 0.141 e. The summed E-state index contributed by atoms with van der Waals surface area (Å²) in [5.41, 5.74) is 2.23. The molecule has 4 heteroatoms. The summed E-state index contributed by atoms with van der Waals surface area (Å²) in [6, 6.07) is 12.1. The van der Waals surface area contributed by atoms with E-state index >= 15 is 0 Å². The van der Waals surface area contributed by atoms with Crippen LogP contribution >= 0.6 is 27.5 Å². The molecule has 112 valence electrons. The van der Waals surface area contributed by atoms with E-state index in [1.807, 2.05) is 31.2 Å². The molecule has 0 radical (unpaired) electrons. The first kappa shape index (κ1) is 16.3. The molecule has 0 heterocycles. The van der Waals surface area contributed by atoms with Gasteiger partial charge in [-0.1, -0.05) is 24.6 Å². The summed E-state index contributed by atoms with van der Waals surface area (Å²) < 4.78 is 6.86. The van der Waals surface area contributed by atoms with Crippen molar-refractivity contribution in [2.75, 3.05) is 6.54 Å². The van der Waals surface area contributed by atoms with Crippen LogP contribution in [0.2, 0.25) is 5.02 Å². The molecular formula is C17H19BrClNO. The van der Waals surface area contributed by atoms with Gasteiger partial charge in [0.25, 0.3) is 0 Å². The van der Waals surface area contributed by atoms with Crippen molar-refractivity contribution in [3.63, 3.8) is 0 Å². The van der Waals surface area contributed by atoms with Crippen molar-refractivity contribution in [2.45, 2.75) is 26.8 Å². The Morgan fingerprint density at radius 1 is 1.24 bits per heavy atom. The maximum absolute atomic E-state index is 6.03. The highest BCUT2D eigenvalue weighted by Gasteiger charge is 2.09. The lowest BCUT2D eigenvalue weighted by Gasteiger charge is -2.15. The maximum Gasteiger partial charge on any atom is 0.141 e. The van der Waals surface area contributed by atoms with Crippen molar-refractivity contribution in [1.82, 2.24) is 5.32 Å². The second-order valence-electron chi connectivity index (χ2n) is 4.98. The molecule has 1 atom stereocenters. The van der Waals surface area contributed by atoms with Crippen LogP contribution in [0.4, 0.5) is 0 Å². The minimum Gasteiger partial charge on any atom is -0.456 e. The molecule has 0 fully saturated rings. The van der Waals surface area contributed by atoms with E-state index in [1.54, 1.807) is 0 Å². The zero-order valence-corrected chi connectivity index (χ0v) is 14.8. The van der Waals surface area contributed by atoms with Crippen LogP contribution in [-0.2, 0) is 0 Å². The monoisotopic (exact) mass is 367 g/mol. The van der Waals surface area contributed by atoms with Crippen LogP contribution in [0, 0.1) is 6.92 Å². The fourth-order valence-corrected chi connectivity index (χ4v) is 2.70. The van der Waals surface area contributed by atoms with Crippen molar-refractivity contribution in [3.8, 4) is 11.5 Å². The highest BCUT2D eigenvalue weighted by Crippen LogP contribution is 2.33. The number of halogens is 2. The number of benzene rings is 2. The number of rotatable bonds is 5. The Bertz CT molecular complexity index is 630. The van der Waals surface area contributed by atoms with Gasteiger partial charge in [-0.2, -0.15) is 0 Å². The van der Waals surface area contributed by atoms with Crippen LogP contribution in [-0.4, -0.2) is 6.54 Å². The van der Waals surface area contributed by atoms with Gasteiger partial charge in [-0.25, -0.2) is 0 Å². The zero-order valence-electron chi connectivity index (χ0n) is 12.4. The highest BCUT2D eigenvalue weighted by molar-refractivity contribution is 9.10. The first-order valence-corrected chi connectivity index (χ1v) is 8.15. The van der Waals surface area contributed by atoms with Gasteiger partial charge in [-0.3, -0.25) is 0 Å². The van der Waals surface area contributed by atoms with E-state index in [0.29, 0.717) is 6.04 Å². The lowest BCUT2D eigenvalue weighted by Crippen LogP contribution is -2.17. The number of nitrogens with one attached hydrogen (secondary N) is 1. The van der Waals surface area contributed by atoms with E-state index in [0.717, 1.165) is 33.1 Å². The third-order valence-corrected chi connectivity index (χ3v) is 4.37. The maximum atomic E-state index is 6.03. The highest BCUT2D eigenvalue weighted by atomic mass is 79.9. The Morgan fingerprint density at radius 2 is 2.00 bits per heavy atom. The third kappa shape index (κ3) is 4.22. The average Bonchev–Trinajstić information content (AvgIpc) is 2.45. The predicted octanol–water partition coefficient (Wildman–Crippen LogP) is 5.87. The molecule has 2 aromatic carbocycles. The Hall–Kier alpha value is -1.03. The van der Waals surface area contributed by atoms with E-state index < -0.39 is 0 Å². The Labute approximate surface area is 139 Å². The van der Waals surface area contributed by atoms with Gasteiger partial charge in [-0.05, 0) is 77.8 Å². The molecule has 0 aliphatic heterocycles. The number of hydrogen-bond donors (Lipinski definition) is 1. The lowest BCUT2D eigenvalue weighted by molar-refractivity contribution is 0.478. The molecule has 0 aliphatic carbocycles. The Morgan fingerprint density at radius 3 is 2.62 bits per heavy atom. The van der Waals surface area contributed by atoms with Crippen molar-refractivity contribution in [3.05, 3.63) is 57.0 Å². The molecule has 21 heavy (non-hydrogen) atoms. The fraction of sp³-hybridized carbons (Fsp3) is 0.294. The summed E-state index contributed by atoms with van der Waals surface area (Å²) >= 11 is 9.61. The minimum atomic E-state index is 0.318. The topological polar surface area (TPSA) is 21.3 Å². The number of hydrogen-bond acceptors (Lipinski definition) is 2. The SMILES string of the molecule is CCNC(C)c1ccc(Oc2ccc(Cl)c(C)c2)c(Br)c1. The van der Waals surface area contributed by atoms with E-state index in [-0.39, 0.29) is 0 Å². The first-order valence-electron chi connectivity index (χ1n) is 6.98. The van der Waals surface area contributed by atoms with Crippen LogP contribution in [0.1, 0.15) is 31.0 Å². The van der Waals surface area contributed by atoms with E-state index in [2.05, 4.69) is 47.2 Å². The number of ether oxygens (including phenoxy) is 1. The molecule has 0 aromatic heterocycles. The molecule has 0 amide bonds. The van der Waals surface area contributed by atoms with Crippen LogP contribution < -0.4 is 10.1 Å². The van der Waals surface area contributed by atoms with Crippen molar-refractivity contribution in [1.29, 1.82) is 0 Å².